The molecule has 0 aliphatic carbocycles. The first-order valence-corrected chi connectivity index (χ1v) is 7.50. The maximum Gasteiger partial charge on any atom is 0.420 e. The molecule has 0 fully saturated rings. The quantitative estimate of drug-likeness (QED) is 0.726. The Hall–Kier alpha value is -3.42. The Bertz CT molecular complexity index is 1000. The number of rotatable bonds is 4. The number of furan rings is 1. The number of aryl methyl sites for hydroxylation is 1. The van der Waals surface area contributed by atoms with Crippen molar-refractivity contribution < 1.29 is 32.8 Å². The van der Waals surface area contributed by atoms with Crippen molar-refractivity contribution in [1.29, 1.82) is 0 Å². The highest BCUT2D eigenvalue weighted by molar-refractivity contribution is 5.80. The van der Waals surface area contributed by atoms with Crippen molar-refractivity contribution in [3.63, 3.8) is 0 Å². The van der Waals surface area contributed by atoms with Gasteiger partial charge in [-0.1, -0.05) is 0 Å². The van der Waals surface area contributed by atoms with Crippen LogP contribution in [-0.4, -0.2) is 24.7 Å². The van der Waals surface area contributed by atoms with Crippen LogP contribution in [0, 0.1) is 0 Å². The first kappa shape index (κ1) is 15.1. The van der Waals surface area contributed by atoms with Crippen LogP contribution in [0.4, 0.5) is 5.69 Å². The SMILES string of the molecule is COc1ccc2c(c1)N(CC(=O)O)/C(=C/c1oc3ccoc3[n+]1C)O2. The van der Waals surface area contributed by atoms with Crippen LogP contribution in [0.5, 0.6) is 11.5 Å². The van der Waals surface area contributed by atoms with Crippen LogP contribution in [0.15, 0.2) is 45.2 Å². The number of aromatic nitrogens is 1. The normalized spacial score (nSPS) is 14.8. The van der Waals surface area contributed by atoms with Crippen LogP contribution in [0.25, 0.3) is 17.4 Å². The van der Waals surface area contributed by atoms with E-state index >= 15 is 0 Å². The lowest BCUT2D eigenvalue weighted by Crippen LogP contribution is -2.31. The van der Waals surface area contributed by atoms with Crippen LogP contribution in [0.2, 0.25) is 0 Å². The molecule has 3 heterocycles. The van der Waals surface area contributed by atoms with Crippen molar-refractivity contribution in [2.45, 2.75) is 0 Å². The Balaban J connectivity index is 1.78. The fraction of sp³-hybridized carbons (Fsp3) is 0.176. The van der Waals surface area contributed by atoms with Crippen molar-refractivity contribution in [3.8, 4) is 11.5 Å². The average Bonchev–Trinajstić information content (AvgIpc) is 3.25. The first-order valence-electron chi connectivity index (χ1n) is 7.50. The molecule has 1 aliphatic heterocycles. The molecule has 0 atom stereocenters. The van der Waals surface area contributed by atoms with Gasteiger partial charge in [-0.3, -0.25) is 9.69 Å². The highest BCUT2D eigenvalue weighted by Gasteiger charge is 2.31. The van der Waals surface area contributed by atoms with Gasteiger partial charge in [0.2, 0.25) is 11.5 Å². The zero-order valence-corrected chi connectivity index (χ0v) is 13.6. The van der Waals surface area contributed by atoms with E-state index in [9.17, 15) is 9.90 Å². The van der Waals surface area contributed by atoms with E-state index in [1.165, 1.54) is 6.26 Å². The number of anilines is 1. The van der Waals surface area contributed by atoms with Crippen molar-refractivity contribution in [2.24, 2.45) is 7.05 Å². The molecule has 0 radical (unpaired) electrons. The fourth-order valence-corrected chi connectivity index (χ4v) is 2.74. The molecule has 0 bridgehead atoms. The number of carboxylic acids is 1. The summed E-state index contributed by atoms with van der Waals surface area (Å²) in [6.07, 6.45) is 3.17. The summed E-state index contributed by atoms with van der Waals surface area (Å²) in [6.45, 7) is -0.257. The van der Waals surface area contributed by atoms with Crippen molar-refractivity contribution in [1.82, 2.24) is 0 Å². The van der Waals surface area contributed by atoms with Crippen LogP contribution < -0.4 is 18.9 Å². The van der Waals surface area contributed by atoms with Gasteiger partial charge >= 0.3 is 17.6 Å². The Morgan fingerprint density at radius 3 is 2.96 bits per heavy atom. The Morgan fingerprint density at radius 2 is 2.24 bits per heavy atom. The second kappa shape index (κ2) is 5.59. The van der Waals surface area contributed by atoms with Gasteiger partial charge in [0, 0.05) is 12.1 Å². The number of carboxylic acid groups (broad SMARTS) is 1. The summed E-state index contributed by atoms with van der Waals surface area (Å²) in [5.74, 6) is 0.992. The monoisotopic (exact) mass is 343 g/mol. The Morgan fingerprint density at radius 1 is 1.40 bits per heavy atom. The number of oxazole rings is 1. The van der Waals surface area contributed by atoms with Crippen molar-refractivity contribution >= 4 is 29.0 Å². The average molecular weight is 343 g/mol. The lowest BCUT2D eigenvalue weighted by Gasteiger charge is -2.15. The van der Waals surface area contributed by atoms with Gasteiger partial charge in [-0.05, 0) is 12.1 Å². The summed E-state index contributed by atoms with van der Waals surface area (Å²) in [5, 5.41) is 9.25. The highest BCUT2D eigenvalue weighted by Crippen LogP contribution is 2.41. The predicted molar refractivity (Wildman–Crippen MR) is 86.2 cm³/mol. The number of ether oxygens (including phenoxy) is 2. The third-order valence-corrected chi connectivity index (χ3v) is 3.94. The van der Waals surface area contributed by atoms with E-state index in [1.54, 1.807) is 54.0 Å². The number of aliphatic carboxylic acids is 1. The molecule has 0 saturated heterocycles. The van der Waals surface area contributed by atoms with Gasteiger partial charge in [-0.25, -0.2) is 0 Å². The maximum absolute atomic E-state index is 11.3. The highest BCUT2D eigenvalue weighted by atomic mass is 16.5. The van der Waals surface area contributed by atoms with Gasteiger partial charge in [-0.2, -0.15) is 0 Å². The third-order valence-electron chi connectivity index (χ3n) is 3.94. The topological polar surface area (TPSA) is 89.2 Å². The molecule has 128 valence electrons. The van der Waals surface area contributed by atoms with Crippen LogP contribution in [-0.2, 0) is 11.8 Å². The minimum absolute atomic E-state index is 0.257. The van der Waals surface area contributed by atoms with E-state index in [2.05, 4.69) is 0 Å². The van der Waals surface area contributed by atoms with E-state index in [-0.39, 0.29) is 6.54 Å². The van der Waals surface area contributed by atoms with Crippen molar-refractivity contribution in [3.05, 3.63) is 42.3 Å². The maximum atomic E-state index is 11.3. The zero-order valence-electron chi connectivity index (χ0n) is 13.6. The molecular formula is C17H15N2O6+. The summed E-state index contributed by atoms with van der Waals surface area (Å²) in [5.41, 5.74) is 1.79. The lowest BCUT2D eigenvalue weighted by atomic mass is 10.2. The van der Waals surface area contributed by atoms with Gasteiger partial charge in [0.05, 0.1) is 12.8 Å². The van der Waals surface area contributed by atoms with E-state index < -0.39 is 5.97 Å². The van der Waals surface area contributed by atoms with Crippen molar-refractivity contribution in [2.75, 3.05) is 18.6 Å². The number of hydrogen-bond acceptors (Lipinski definition) is 6. The van der Waals surface area contributed by atoms with Gasteiger partial charge in [-0.15, -0.1) is 4.57 Å². The second-order valence-electron chi connectivity index (χ2n) is 5.49. The molecule has 25 heavy (non-hydrogen) atoms. The number of nitrogens with zero attached hydrogens (tertiary/aromatic N) is 2. The van der Waals surface area contributed by atoms with Gasteiger partial charge in [0.1, 0.15) is 31.7 Å². The molecule has 0 unspecified atom stereocenters. The van der Waals surface area contributed by atoms with Gasteiger partial charge in [0.15, 0.2) is 5.75 Å². The molecule has 8 nitrogen and oxygen atoms in total. The summed E-state index contributed by atoms with van der Waals surface area (Å²) in [4.78, 5) is 12.8. The number of methoxy groups -OCH3 is 1. The van der Waals surface area contributed by atoms with Crippen LogP contribution in [0.3, 0.4) is 0 Å². The van der Waals surface area contributed by atoms with E-state index in [1.807, 2.05) is 0 Å². The van der Waals surface area contributed by atoms with E-state index in [4.69, 9.17) is 18.3 Å². The number of benzene rings is 1. The molecule has 0 saturated carbocycles. The molecule has 8 heteroatoms. The molecule has 1 aliphatic rings. The summed E-state index contributed by atoms with van der Waals surface area (Å²) in [7, 11) is 3.34. The van der Waals surface area contributed by atoms with Crippen LogP contribution >= 0.6 is 0 Å². The molecule has 2 aromatic heterocycles. The van der Waals surface area contributed by atoms with E-state index in [0.717, 1.165) is 0 Å². The first-order chi connectivity index (χ1) is 12.1. The molecular weight excluding hydrogens is 328 g/mol. The second-order valence-corrected chi connectivity index (χ2v) is 5.49. The lowest BCUT2D eigenvalue weighted by molar-refractivity contribution is -0.658. The summed E-state index contributed by atoms with van der Waals surface area (Å²) in [6, 6.07) is 6.92. The zero-order chi connectivity index (χ0) is 17.6. The van der Waals surface area contributed by atoms with Crippen LogP contribution in [0.1, 0.15) is 5.89 Å². The minimum atomic E-state index is -0.984. The third kappa shape index (κ3) is 2.47. The smallest absolute Gasteiger partial charge is 0.420 e. The molecule has 0 spiro atoms. The van der Waals surface area contributed by atoms with Gasteiger partial charge < -0.3 is 23.4 Å². The molecule has 4 rings (SSSR count). The standard InChI is InChI=1S/C17H14N2O6/c1-18-14(25-13-5-6-23-17(13)18)8-15-19(9-16(20)21)11-7-10(22-2)3-4-12(11)24-15/h3-8H,9H2,1-2H3/p+1. The predicted octanol–water partition coefficient (Wildman–Crippen LogP) is 2.14. The summed E-state index contributed by atoms with van der Waals surface area (Å²) >= 11 is 0. The number of fused-ring (bicyclic) bond motifs is 2. The van der Waals surface area contributed by atoms with Gasteiger partial charge in [0.25, 0.3) is 0 Å². The Labute approximate surface area is 142 Å². The largest absolute Gasteiger partial charge is 0.497 e. The molecule has 3 aromatic rings. The number of carbonyl (C=O) groups is 1. The minimum Gasteiger partial charge on any atom is -0.497 e. The number of hydrogen-bond donors (Lipinski definition) is 1. The fourth-order valence-electron chi connectivity index (χ4n) is 2.74. The van der Waals surface area contributed by atoms with E-state index in [0.29, 0.717) is 40.3 Å². The molecule has 1 N–H and O–H groups in total. The molecule has 0 amide bonds. The summed E-state index contributed by atoms with van der Waals surface area (Å²) < 4.78 is 23.8. The molecule has 1 aromatic carbocycles. The Kier molecular flexibility index (Phi) is 3.38.